The van der Waals surface area contributed by atoms with Crippen molar-refractivity contribution in [3.05, 3.63) is 65.7 Å². The second-order valence-corrected chi connectivity index (χ2v) is 7.68. The van der Waals surface area contributed by atoms with E-state index in [4.69, 9.17) is 5.73 Å². The molecule has 27 heavy (non-hydrogen) atoms. The van der Waals surface area contributed by atoms with E-state index in [9.17, 15) is 9.59 Å². The molecule has 0 saturated carbocycles. The third kappa shape index (κ3) is 4.37. The summed E-state index contributed by atoms with van der Waals surface area (Å²) in [6.07, 6.45) is 1.80. The van der Waals surface area contributed by atoms with E-state index in [1.165, 1.54) is 0 Å². The summed E-state index contributed by atoms with van der Waals surface area (Å²) < 4.78 is 0. The van der Waals surface area contributed by atoms with Gasteiger partial charge in [0.2, 0.25) is 11.8 Å². The molecule has 1 heterocycles. The van der Waals surface area contributed by atoms with Gasteiger partial charge in [0.05, 0.1) is 11.5 Å². The SMILES string of the molecule is CC(C)(C(=O)Nc1cccc(CN2CCC[C@H]2C(N)=O)c1)c1ccccc1. The Labute approximate surface area is 160 Å². The average Bonchev–Trinajstić information content (AvgIpc) is 3.11. The standard InChI is InChI=1S/C22H27N3O2/c1-22(2,17-9-4-3-5-10-17)21(27)24-18-11-6-8-16(14-18)15-25-13-7-12-19(25)20(23)26/h3-6,8-11,14,19H,7,12-13,15H2,1-2H3,(H2,23,26)(H,24,27)/t19-/m0/s1. The summed E-state index contributed by atoms with van der Waals surface area (Å²) in [7, 11) is 0. The highest BCUT2D eigenvalue weighted by Crippen LogP contribution is 2.26. The molecular formula is C22H27N3O2. The van der Waals surface area contributed by atoms with Gasteiger partial charge in [-0.15, -0.1) is 0 Å². The van der Waals surface area contributed by atoms with Gasteiger partial charge in [-0.2, -0.15) is 0 Å². The first-order valence-corrected chi connectivity index (χ1v) is 9.37. The summed E-state index contributed by atoms with van der Waals surface area (Å²) >= 11 is 0. The fourth-order valence-corrected chi connectivity index (χ4v) is 3.59. The van der Waals surface area contributed by atoms with Crippen molar-refractivity contribution in [2.24, 2.45) is 5.73 Å². The van der Waals surface area contributed by atoms with Gasteiger partial charge in [-0.25, -0.2) is 0 Å². The number of benzene rings is 2. The number of nitrogens with one attached hydrogen (secondary N) is 1. The van der Waals surface area contributed by atoms with Crippen molar-refractivity contribution < 1.29 is 9.59 Å². The average molecular weight is 365 g/mol. The fraction of sp³-hybridized carbons (Fsp3) is 0.364. The molecule has 1 atom stereocenters. The lowest BCUT2D eigenvalue weighted by Gasteiger charge is -2.25. The lowest BCUT2D eigenvalue weighted by atomic mass is 9.83. The van der Waals surface area contributed by atoms with Gasteiger partial charge < -0.3 is 11.1 Å². The van der Waals surface area contributed by atoms with Crippen LogP contribution in [0, 0.1) is 0 Å². The Hall–Kier alpha value is -2.66. The van der Waals surface area contributed by atoms with Crippen LogP contribution in [0.25, 0.3) is 0 Å². The number of hydrogen-bond donors (Lipinski definition) is 2. The van der Waals surface area contributed by atoms with Crippen molar-refractivity contribution in [2.45, 2.75) is 44.7 Å². The fourth-order valence-electron chi connectivity index (χ4n) is 3.59. The Bertz CT molecular complexity index is 817. The number of nitrogens with two attached hydrogens (primary N) is 1. The number of carbonyl (C=O) groups excluding carboxylic acids is 2. The molecule has 1 saturated heterocycles. The molecule has 0 radical (unpaired) electrons. The van der Waals surface area contributed by atoms with Gasteiger partial charge >= 0.3 is 0 Å². The first-order valence-electron chi connectivity index (χ1n) is 9.37. The lowest BCUT2D eigenvalue weighted by Crippen LogP contribution is -2.39. The number of primary amides is 1. The second kappa shape index (κ2) is 7.92. The third-order valence-electron chi connectivity index (χ3n) is 5.33. The van der Waals surface area contributed by atoms with Crippen LogP contribution in [0.4, 0.5) is 5.69 Å². The number of rotatable bonds is 6. The molecule has 5 heteroatoms. The maximum absolute atomic E-state index is 12.8. The topological polar surface area (TPSA) is 75.4 Å². The van der Waals surface area contributed by atoms with Crippen molar-refractivity contribution in [2.75, 3.05) is 11.9 Å². The van der Waals surface area contributed by atoms with Crippen LogP contribution >= 0.6 is 0 Å². The molecule has 2 amide bonds. The van der Waals surface area contributed by atoms with Crippen LogP contribution in [0.1, 0.15) is 37.8 Å². The maximum Gasteiger partial charge on any atom is 0.234 e. The number of carbonyl (C=O) groups is 2. The van der Waals surface area contributed by atoms with Gasteiger partial charge in [-0.05, 0) is 56.5 Å². The van der Waals surface area contributed by atoms with Gasteiger partial charge in [0.25, 0.3) is 0 Å². The quantitative estimate of drug-likeness (QED) is 0.826. The summed E-state index contributed by atoms with van der Waals surface area (Å²) in [4.78, 5) is 26.5. The van der Waals surface area contributed by atoms with E-state index < -0.39 is 5.41 Å². The van der Waals surface area contributed by atoms with E-state index in [2.05, 4.69) is 10.2 Å². The summed E-state index contributed by atoms with van der Waals surface area (Å²) in [5, 5.41) is 3.03. The Morgan fingerprint density at radius 3 is 2.59 bits per heavy atom. The minimum atomic E-state index is -0.636. The van der Waals surface area contributed by atoms with Gasteiger partial charge in [-0.1, -0.05) is 42.5 Å². The van der Waals surface area contributed by atoms with Crippen LogP contribution in [0.3, 0.4) is 0 Å². The smallest absolute Gasteiger partial charge is 0.234 e. The van der Waals surface area contributed by atoms with Crippen LogP contribution in [0.15, 0.2) is 54.6 Å². The van der Waals surface area contributed by atoms with Crippen LogP contribution in [0.2, 0.25) is 0 Å². The predicted molar refractivity (Wildman–Crippen MR) is 107 cm³/mol. The Kier molecular flexibility index (Phi) is 5.61. The number of nitrogens with zero attached hydrogens (tertiary/aromatic N) is 1. The summed E-state index contributed by atoms with van der Waals surface area (Å²) in [5.41, 5.74) is 7.65. The summed E-state index contributed by atoms with van der Waals surface area (Å²) in [5.74, 6) is -0.316. The van der Waals surface area contributed by atoms with Crippen LogP contribution in [0.5, 0.6) is 0 Å². The molecule has 0 aromatic heterocycles. The monoisotopic (exact) mass is 365 g/mol. The van der Waals surface area contributed by atoms with E-state index in [1.54, 1.807) is 0 Å². The molecule has 142 valence electrons. The molecule has 3 rings (SSSR count). The molecule has 0 spiro atoms. The molecule has 2 aromatic carbocycles. The van der Waals surface area contributed by atoms with Crippen LogP contribution in [-0.2, 0) is 21.5 Å². The van der Waals surface area contributed by atoms with Crippen molar-refractivity contribution >= 4 is 17.5 Å². The molecular weight excluding hydrogens is 338 g/mol. The normalized spacial score (nSPS) is 17.6. The zero-order valence-corrected chi connectivity index (χ0v) is 15.9. The molecule has 1 aliphatic heterocycles. The highest BCUT2D eigenvalue weighted by molar-refractivity contribution is 5.98. The molecule has 1 fully saturated rings. The van der Waals surface area contributed by atoms with E-state index in [1.807, 2.05) is 68.4 Å². The first-order chi connectivity index (χ1) is 12.9. The molecule has 3 N–H and O–H groups in total. The zero-order valence-electron chi connectivity index (χ0n) is 15.9. The summed E-state index contributed by atoms with van der Waals surface area (Å²) in [6.45, 7) is 5.36. The Morgan fingerprint density at radius 2 is 1.89 bits per heavy atom. The summed E-state index contributed by atoms with van der Waals surface area (Å²) in [6, 6.07) is 17.4. The highest BCUT2D eigenvalue weighted by atomic mass is 16.2. The van der Waals surface area contributed by atoms with Crippen molar-refractivity contribution in [3.63, 3.8) is 0 Å². The van der Waals surface area contributed by atoms with Gasteiger partial charge in [-0.3, -0.25) is 14.5 Å². The van der Waals surface area contributed by atoms with E-state index in [0.29, 0.717) is 6.54 Å². The third-order valence-corrected chi connectivity index (χ3v) is 5.33. The lowest BCUT2D eigenvalue weighted by molar-refractivity contribution is -0.122. The zero-order chi connectivity index (χ0) is 19.4. The van der Waals surface area contributed by atoms with Gasteiger partial charge in [0, 0.05) is 12.2 Å². The second-order valence-electron chi connectivity index (χ2n) is 7.68. The molecule has 1 aliphatic rings. The van der Waals surface area contributed by atoms with Gasteiger partial charge in [0.1, 0.15) is 0 Å². The molecule has 5 nitrogen and oxygen atoms in total. The predicted octanol–water partition coefficient (Wildman–Crippen LogP) is 3.05. The van der Waals surface area contributed by atoms with Crippen molar-refractivity contribution in [3.8, 4) is 0 Å². The largest absolute Gasteiger partial charge is 0.368 e. The number of anilines is 1. The van der Waals surface area contributed by atoms with Crippen LogP contribution < -0.4 is 11.1 Å². The Balaban J connectivity index is 1.70. The number of likely N-dealkylation sites (tertiary alicyclic amines) is 1. The minimum Gasteiger partial charge on any atom is -0.368 e. The highest BCUT2D eigenvalue weighted by Gasteiger charge is 2.30. The molecule has 0 unspecified atom stereocenters. The van der Waals surface area contributed by atoms with E-state index >= 15 is 0 Å². The minimum absolute atomic E-state index is 0.0537. The van der Waals surface area contributed by atoms with Crippen LogP contribution in [-0.4, -0.2) is 29.3 Å². The molecule has 0 bridgehead atoms. The van der Waals surface area contributed by atoms with Crippen molar-refractivity contribution in [1.82, 2.24) is 4.90 Å². The number of hydrogen-bond acceptors (Lipinski definition) is 3. The number of amides is 2. The van der Waals surface area contributed by atoms with Gasteiger partial charge in [0.15, 0.2) is 0 Å². The maximum atomic E-state index is 12.8. The van der Waals surface area contributed by atoms with E-state index in [-0.39, 0.29) is 17.9 Å². The van der Waals surface area contributed by atoms with E-state index in [0.717, 1.165) is 36.2 Å². The Morgan fingerprint density at radius 1 is 1.15 bits per heavy atom. The van der Waals surface area contributed by atoms with Crippen molar-refractivity contribution in [1.29, 1.82) is 0 Å². The molecule has 2 aromatic rings. The first kappa shape index (κ1) is 19.1. The molecule has 0 aliphatic carbocycles.